The van der Waals surface area contributed by atoms with Crippen molar-refractivity contribution >= 4 is 20.4 Å². The third-order valence-electron chi connectivity index (χ3n) is 6.60. The van der Waals surface area contributed by atoms with Crippen LogP contribution in [0.5, 0.6) is 11.5 Å². The number of nitrogens with zero attached hydrogens (tertiary/aromatic N) is 3. The molecule has 1 aromatic carbocycles. The van der Waals surface area contributed by atoms with E-state index in [4.69, 9.17) is 29.8 Å². The van der Waals surface area contributed by atoms with E-state index < -0.39 is 14.6 Å². The Labute approximate surface area is 241 Å². The Kier molecular flexibility index (Phi) is 15.3. The van der Waals surface area contributed by atoms with Crippen molar-refractivity contribution < 1.29 is 32.8 Å². The Morgan fingerprint density at radius 2 is 1.80 bits per heavy atom. The predicted molar refractivity (Wildman–Crippen MR) is 155 cm³/mol. The lowest BCUT2D eigenvalue weighted by molar-refractivity contribution is -0.154. The first-order valence-corrected chi connectivity index (χ1v) is 15.2. The molecule has 0 spiro atoms. The van der Waals surface area contributed by atoms with E-state index in [1.165, 1.54) is 0 Å². The van der Waals surface area contributed by atoms with Crippen molar-refractivity contribution in [3.05, 3.63) is 35.2 Å². The number of likely N-dealkylation sites (tertiary alicyclic amines) is 1. The minimum Gasteiger partial charge on any atom is -0.497 e. The van der Waals surface area contributed by atoms with Gasteiger partial charge in [0.15, 0.2) is 0 Å². The van der Waals surface area contributed by atoms with Gasteiger partial charge in [-0.05, 0) is 65.5 Å². The van der Waals surface area contributed by atoms with Crippen LogP contribution < -0.4 is 9.47 Å². The molecule has 1 heterocycles. The molecule has 2 atom stereocenters. The standard InChI is InChI=1S/C29H46N3O7P/c1-22(2)32(23(3)4)40(39-19-16-30-5)38-18-10-8-9-13-28(33)31-17-11-12-26(31)29(34)37-21-24-14-15-25(35-6)20-27(24)36-7/h14-15,20,22-23,26H,8-13,16-19,21H2,1-4,6-7H3/t26-,40?/m1/s1. The number of methoxy groups -OCH3 is 2. The van der Waals surface area contributed by atoms with Crippen molar-refractivity contribution in [3.8, 4) is 11.5 Å². The molecule has 1 aliphatic heterocycles. The Morgan fingerprint density at radius 3 is 2.45 bits per heavy atom. The highest BCUT2D eigenvalue weighted by atomic mass is 31.2. The van der Waals surface area contributed by atoms with Gasteiger partial charge in [-0.2, -0.15) is 0 Å². The topological polar surface area (TPSA) is 91.1 Å². The van der Waals surface area contributed by atoms with Crippen LogP contribution in [0.25, 0.3) is 4.85 Å². The molecule has 1 amide bonds. The van der Waals surface area contributed by atoms with E-state index in [2.05, 4.69) is 37.2 Å². The number of amides is 1. The molecule has 0 bridgehead atoms. The summed E-state index contributed by atoms with van der Waals surface area (Å²) in [5.74, 6) is 0.838. The van der Waals surface area contributed by atoms with Gasteiger partial charge in [-0.1, -0.05) is 6.42 Å². The SMILES string of the molecule is [C-]#[N+]CCOP(OCCCCCC(=O)N1CCC[C@@H]1C(=O)OCc1ccc(OC)cc1OC)N(C(C)C)C(C)C. The van der Waals surface area contributed by atoms with Gasteiger partial charge in [0.25, 0.3) is 8.53 Å². The quantitative estimate of drug-likeness (QED) is 0.0962. The number of carbonyl (C=O) groups excluding carboxylic acids is 2. The molecule has 224 valence electrons. The van der Waals surface area contributed by atoms with Crippen LogP contribution in [-0.2, 0) is 30.0 Å². The number of unbranched alkanes of at least 4 members (excludes halogenated alkanes) is 2. The maximum atomic E-state index is 12.9. The molecule has 0 N–H and O–H groups in total. The van der Waals surface area contributed by atoms with Gasteiger partial charge in [0.05, 0.1) is 20.8 Å². The Hall–Kier alpha value is -2.44. The molecule has 2 rings (SSSR count). The van der Waals surface area contributed by atoms with E-state index in [-0.39, 0.29) is 30.6 Å². The zero-order valence-electron chi connectivity index (χ0n) is 24.9. The van der Waals surface area contributed by atoms with Crippen LogP contribution in [0, 0.1) is 6.57 Å². The summed E-state index contributed by atoms with van der Waals surface area (Å²) in [6, 6.07) is 5.31. The second-order valence-corrected chi connectivity index (χ2v) is 11.6. The second-order valence-electron chi connectivity index (χ2n) is 10.2. The largest absolute Gasteiger partial charge is 0.497 e. The average molecular weight is 580 g/mol. The molecule has 1 fully saturated rings. The first-order valence-electron chi connectivity index (χ1n) is 14.1. The summed E-state index contributed by atoms with van der Waals surface area (Å²) in [5, 5.41) is 0. The summed E-state index contributed by atoms with van der Waals surface area (Å²) in [7, 11) is 1.89. The van der Waals surface area contributed by atoms with Crippen LogP contribution >= 0.6 is 8.53 Å². The van der Waals surface area contributed by atoms with Gasteiger partial charge in [-0.25, -0.2) is 16.0 Å². The minimum atomic E-state index is -1.25. The summed E-state index contributed by atoms with van der Waals surface area (Å²) in [5.41, 5.74) is 0.736. The Balaban J connectivity index is 1.77. The van der Waals surface area contributed by atoms with E-state index in [9.17, 15) is 9.59 Å². The van der Waals surface area contributed by atoms with E-state index in [0.29, 0.717) is 50.6 Å². The molecular weight excluding hydrogens is 533 g/mol. The fraction of sp³-hybridized carbons (Fsp3) is 0.690. The van der Waals surface area contributed by atoms with Crippen molar-refractivity contribution in [1.29, 1.82) is 0 Å². The molecule has 10 nitrogen and oxygen atoms in total. The second kappa shape index (κ2) is 18.1. The van der Waals surface area contributed by atoms with Gasteiger partial charge in [-0.3, -0.25) is 4.79 Å². The van der Waals surface area contributed by atoms with Gasteiger partial charge in [0.1, 0.15) is 30.8 Å². The zero-order valence-corrected chi connectivity index (χ0v) is 25.8. The van der Waals surface area contributed by atoms with Gasteiger partial charge >= 0.3 is 5.97 Å². The summed E-state index contributed by atoms with van der Waals surface area (Å²) in [6.45, 7) is 17.3. The summed E-state index contributed by atoms with van der Waals surface area (Å²) in [4.78, 5) is 30.8. The summed E-state index contributed by atoms with van der Waals surface area (Å²) < 4.78 is 30.4. The molecule has 1 aliphatic rings. The summed E-state index contributed by atoms with van der Waals surface area (Å²) in [6.07, 6.45) is 4.13. The lowest BCUT2D eigenvalue weighted by Crippen LogP contribution is -2.41. The highest BCUT2D eigenvalue weighted by molar-refractivity contribution is 7.44. The third kappa shape index (κ3) is 10.5. The van der Waals surface area contributed by atoms with Crippen LogP contribution in [-0.4, -0.2) is 80.1 Å². The van der Waals surface area contributed by atoms with Gasteiger partial charge in [0.2, 0.25) is 12.5 Å². The molecule has 0 radical (unpaired) electrons. The first-order chi connectivity index (χ1) is 19.2. The lowest BCUT2D eigenvalue weighted by atomic mass is 10.1. The Bertz CT molecular complexity index is 961. The Morgan fingerprint density at radius 1 is 1.07 bits per heavy atom. The lowest BCUT2D eigenvalue weighted by Gasteiger charge is -2.35. The number of ether oxygens (including phenoxy) is 3. The number of carbonyl (C=O) groups is 2. The first kappa shape index (κ1) is 33.8. The molecular formula is C29H46N3O7P. The van der Waals surface area contributed by atoms with E-state index in [0.717, 1.165) is 31.2 Å². The summed E-state index contributed by atoms with van der Waals surface area (Å²) >= 11 is 0. The van der Waals surface area contributed by atoms with Crippen molar-refractivity contribution in [2.45, 2.75) is 91.0 Å². The molecule has 11 heteroatoms. The van der Waals surface area contributed by atoms with Gasteiger partial charge < -0.3 is 33.0 Å². The number of rotatable bonds is 18. The number of esters is 1. The van der Waals surface area contributed by atoms with Crippen LogP contribution in [0.15, 0.2) is 18.2 Å². The molecule has 0 aromatic heterocycles. The highest BCUT2D eigenvalue weighted by Gasteiger charge is 2.35. The van der Waals surface area contributed by atoms with Crippen LogP contribution in [0.1, 0.15) is 71.8 Å². The van der Waals surface area contributed by atoms with Crippen molar-refractivity contribution in [3.63, 3.8) is 0 Å². The normalized spacial score (nSPS) is 15.9. The zero-order chi connectivity index (χ0) is 29.5. The molecule has 0 saturated carbocycles. The average Bonchev–Trinajstić information content (AvgIpc) is 3.43. The molecule has 1 aromatic rings. The minimum absolute atomic E-state index is 0.0158. The fourth-order valence-electron chi connectivity index (χ4n) is 4.68. The van der Waals surface area contributed by atoms with Crippen LogP contribution in [0.2, 0.25) is 0 Å². The smallest absolute Gasteiger partial charge is 0.329 e. The van der Waals surface area contributed by atoms with E-state index >= 15 is 0 Å². The van der Waals surface area contributed by atoms with E-state index in [1.54, 1.807) is 37.3 Å². The van der Waals surface area contributed by atoms with Crippen LogP contribution in [0.3, 0.4) is 0 Å². The molecule has 0 aliphatic carbocycles. The van der Waals surface area contributed by atoms with E-state index in [1.807, 2.05) is 0 Å². The maximum absolute atomic E-state index is 12.9. The fourth-order valence-corrected chi connectivity index (χ4v) is 6.29. The maximum Gasteiger partial charge on any atom is 0.329 e. The van der Waals surface area contributed by atoms with Gasteiger partial charge in [0, 0.05) is 36.7 Å². The predicted octanol–water partition coefficient (Wildman–Crippen LogP) is 5.60. The number of hydrogen-bond donors (Lipinski definition) is 0. The third-order valence-corrected chi connectivity index (χ3v) is 8.71. The van der Waals surface area contributed by atoms with Crippen molar-refractivity contribution in [2.75, 3.05) is 40.5 Å². The monoisotopic (exact) mass is 579 g/mol. The molecule has 40 heavy (non-hydrogen) atoms. The van der Waals surface area contributed by atoms with Crippen molar-refractivity contribution in [2.24, 2.45) is 0 Å². The van der Waals surface area contributed by atoms with Gasteiger partial charge in [-0.15, -0.1) is 0 Å². The van der Waals surface area contributed by atoms with Crippen LogP contribution in [0.4, 0.5) is 0 Å². The van der Waals surface area contributed by atoms with Crippen molar-refractivity contribution in [1.82, 2.24) is 9.57 Å². The molecule has 1 saturated heterocycles. The number of hydrogen-bond acceptors (Lipinski definition) is 8. The molecule has 1 unspecified atom stereocenters. The number of benzene rings is 1. The highest BCUT2D eigenvalue weighted by Crippen LogP contribution is 2.46.